The minimum absolute atomic E-state index is 0.252. The lowest BCUT2D eigenvalue weighted by molar-refractivity contribution is 0.425. The number of hydrogen-bond acceptors (Lipinski definition) is 4. The molecule has 6 heteroatoms. The van der Waals surface area contributed by atoms with E-state index in [0.717, 1.165) is 0 Å². The molecule has 1 rings (SSSR count). The van der Waals surface area contributed by atoms with Crippen LogP contribution in [0.5, 0.6) is 0 Å². The Labute approximate surface area is 65.9 Å². The molecule has 0 amide bonds. The number of rotatable bonds is 2. The first-order valence-corrected chi connectivity index (χ1v) is 3.11. The van der Waals surface area contributed by atoms with Gasteiger partial charge in [-0.05, 0) is 6.32 Å². The van der Waals surface area contributed by atoms with Crippen molar-refractivity contribution in [1.82, 2.24) is 9.97 Å². The molecule has 54 valence electrons. The number of hydrogen-bond donors (Lipinski definition) is 2. The lowest BCUT2D eigenvalue weighted by atomic mass is 9.83. The molecule has 0 aliphatic heterocycles. The third-order valence-corrected chi connectivity index (χ3v) is 1.21. The third kappa shape index (κ3) is 2.03. The van der Waals surface area contributed by atoms with E-state index < -0.39 is 7.12 Å². The van der Waals surface area contributed by atoms with Crippen LogP contribution in [0.2, 0.25) is 0 Å². The molecule has 0 saturated carbocycles. The maximum Gasteiger partial charge on any atom is 0.491 e. The first-order chi connectivity index (χ1) is 5.24. The lowest BCUT2D eigenvalue weighted by Gasteiger charge is -1.98. The molecule has 0 bridgehead atoms. The number of aromatic nitrogens is 2. The van der Waals surface area contributed by atoms with Crippen LogP contribution in [0.25, 0.3) is 0 Å². The standard InChI is InChI=1S/C5H6B2N2O2/c6-1-5-8-2-4(3-9-5)7(10)11/h2-3,10-11H,1H2. The second kappa shape index (κ2) is 3.50. The van der Waals surface area contributed by atoms with Crippen molar-refractivity contribution < 1.29 is 10.0 Å². The van der Waals surface area contributed by atoms with E-state index in [-0.39, 0.29) is 11.8 Å². The van der Waals surface area contributed by atoms with Crippen LogP contribution in [0.1, 0.15) is 5.82 Å². The lowest BCUT2D eigenvalue weighted by Crippen LogP contribution is -2.30. The average Bonchev–Trinajstić information content (AvgIpc) is 2.05. The third-order valence-electron chi connectivity index (χ3n) is 1.21. The van der Waals surface area contributed by atoms with Gasteiger partial charge in [0.05, 0.1) is 7.85 Å². The fourth-order valence-corrected chi connectivity index (χ4v) is 0.604. The van der Waals surface area contributed by atoms with Gasteiger partial charge in [0.25, 0.3) is 0 Å². The van der Waals surface area contributed by atoms with E-state index in [1.165, 1.54) is 12.4 Å². The molecule has 1 heterocycles. The molecule has 4 nitrogen and oxygen atoms in total. The molecule has 0 aliphatic rings. The first-order valence-electron chi connectivity index (χ1n) is 3.11. The van der Waals surface area contributed by atoms with Crippen LogP contribution in [0, 0.1) is 0 Å². The Balaban J connectivity index is 2.83. The summed E-state index contributed by atoms with van der Waals surface area (Å²) in [6.07, 6.45) is 2.92. The molecule has 0 atom stereocenters. The Morgan fingerprint density at radius 3 is 2.27 bits per heavy atom. The summed E-state index contributed by atoms with van der Waals surface area (Å²) in [6.45, 7) is 0. The van der Waals surface area contributed by atoms with Crippen LogP contribution in [0.15, 0.2) is 12.4 Å². The molecule has 0 aliphatic carbocycles. The highest BCUT2D eigenvalue weighted by atomic mass is 16.4. The molecule has 1 aromatic heterocycles. The van der Waals surface area contributed by atoms with E-state index in [4.69, 9.17) is 17.9 Å². The summed E-state index contributed by atoms with van der Waals surface area (Å²) in [5, 5.41) is 17.3. The molecule has 0 aromatic carbocycles. The molecule has 11 heavy (non-hydrogen) atoms. The zero-order chi connectivity index (χ0) is 8.27. The van der Waals surface area contributed by atoms with Crippen LogP contribution in [0.4, 0.5) is 0 Å². The van der Waals surface area contributed by atoms with E-state index in [1.54, 1.807) is 0 Å². The fourth-order valence-electron chi connectivity index (χ4n) is 0.604. The summed E-state index contributed by atoms with van der Waals surface area (Å²) >= 11 is 0. The van der Waals surface area contributed by atoms with Gasteiger partial charge >= 0.3 is 7.12 Å². The topological polar surface area (TPSA) is 66.2 Å². The summed E-state index contributed by atoms with van der Waals surface area (Å²) in [4.78, 5) is 7.52. The van der Waals surface area contributed by atoms with Crippen molar-refractivity contribution in [2.75, 3.05) is 0 Å². The van der Waals surface area contributed by atoms with Crippen molar-refractivity contribution in [3.8, 4) is 0 Å². The molecule has 2 N–H and O–H groups in total. The first kappa shape index (κ1) is 8.23. The Kier molecular flexibility index (Phi) is 2.62. The molecular formula is C5H6B2N2O2. The van der Waals surface area contributed by atoms with Crippen molar-refractivity contribution in [1.29, 1.82) is 0 Å². The second-order valence-electron chi connectivity index (χ2n) is 2.01. The van der Waals surface area contributed by atoms with Crippen LogP contribution in [0.3, 0.4) is 0 Å². The molecule has 0 fully saturated rings. The molecule has 0 saturated heterocycles. The highest BCUT2D eigenvalue weighted by Crippen LogP contribution is 1.83. The Morgan fingerprint density at radius 2 is 1.91 bits per heavy atom. The molecule has 0 spiro atoms. The SMILES string of the molecule is [B]Cc1ncc(B(O)O)cn1. The highest BCUT2D eigenvalue weighted by molar-refractivity contribution is 6.58. The van der Waals surface area contributed by atoms with E-state index in [1.807, 2.05) is 0 Å². The summed E-state index contributed by atoms with van der Waals surface area (Å²) in [5.41, 5.74) is 0.266. The van der Waals surface area contributed by atoms with Crippen molar-refractivity contribution in [3.63, 3.8) is 0 Å². The summed E-state index contributed by atoms with van der Waals surface area (Å²) in [5.74, 6) is 0.481. The van der Waals surface area contributed by atoms with Gasteiger partial charge in [0.15, 0.2) is 0 Å². The predicted molar refractivity (Wildman–Crippen MR) is 41.3 cm³/mol. The van der Waals surface area contributed by atoms with Crippen LogP contribution < -0.4 is 5.46 Å². The Bertz CT molecular complexity index is 226. The Hall–Kier alpha value is -0.870. The second-order valence-corrected chi connectivity index (χ2v) is 2.01. The van der Waals surface area contributed by atoms with Gasteiger partial charge in [-0.15, -0.1) is 0 Å². The summed E-state index contributed by atoms with van der Waals surface area (Å²) < 4.78 is 0. The van der Waals surface area contributed by atoms with E-state index >= 15 is 0 Å². The largest absolute Gasteiger partial charge is 0.491 e. The average molecular weight is 148 g/mol. The van der Waals surface area contributed by atoms with Gasteiger partial charge in [0.2, 0.25) is 0 Å². The van der Waals surface area contributed by atoms with E-state index in [0.29, 0.717) is 5.82 Å². The predicted octanol–water partition coefficient (Wildman–Crippen LogP) is -2.18. The van der Waals surface area contributed by atoms with Gasteiger partial charge in [-0.25, -0.2) is 9.97 Å². The molecular weight excluding hydrogens is 142 g/mol. The monoisotopic (exact) mass is 148 g/mol. The quantitative estimate of drug-likeness (QED) is 0.468. The minimum atomic E-state index is -1.51. The number of nitrogens with zero attached hydrogens (tertiary/aromatic N) is 2. The van der Waals surface area contributed by atoms with Crippen molar-refractivity contribution in [2.24, 2.45) is 0 Å². The van der Waals surface area contributed by atoms with Crippen LogP contribution in [-0.4, -0.2) is 35.0 Å². The van der Waals surface area contributed by atoms with Crippen molar-refractivity contribution in [3.05, 3.63) is 18.2 Å². The van der Waals surface area contributed by atoms with Gasteiger partial charge in [-0.3, -0.25) is 0 Å². The van der Waals surface area contributed by atoms with Crippen LogP contribution >= 0.6 is 0 Å². The summed E-state index contributed by atoms with van der Waals surface area (Å²) in [7, 11) is 3.71. The molecule has 2 radical (unpaired) electrons. The molecule has 1 aromatic rings. The zero-order valence-corrected chi connectivity index (χ0v) is 5.81. The Morgan fingerprint density at radius 1 is 1.36 bits per heavy atom. The van der Waals surface area contributed by atoms with Gasteiger partial charge < -0.3 is 10.0 Å². The van der Waals surface area contributed by atoms with Crippen LogP contribution in [-0.2, 0) is 6.32 Å². The smallest absolute Gasteiger partial charge is 0.423 e. The molecule has 0 unspecified atom stereocenters. The normalized spacial score (nSPS) is 9.64. The fraction of sp³-hybridized carbons (Fsp3) is 0.200. The van der Waals surface area contributed by atoms with Gasteiger partial charge in [-0.1, -0.05) is 0 Å². The van der Waals surface area contributed by atoms with E-state index in [9.17, 15) is 0 Å². The zero-order valence-electron chi connectivity index (χ0n) is 5.81. The van der Waals surface area contributed by atoms with Crippen molar-refractivity contribution in [2.45, 2.75) is 6.32 Å². The minimum Gasteiger partial charge on any atom is -0.423 e. The van der Waals surface area contributed by atoms with Gasteiger partial charge in [-0.2, -0.15) is 0 Å². The summed E-state index contributed by atoms with van der Waals surface area (Å²) in [6, 6.07) is 0. The van der Waals surface area contributed by atoms with E-state index in [2.05, 4.69) is 9.97 Å². The van der Waals surface area contributed by atoms with Crippen molar-refractivity contribution >= 4 is 20.4 Å². The van der Waals surface area contributed by atoms with Gasteiger partial charge in [0.1, 0.15) is 5.82 Å². The maximum absolute atomic E-state index is 8.63. The maximum atomic E-state index is 8.63. The van der Waals surface area contributed by atoms with Gasteiger partial charge in [0, 0.05) is 17.9 Å². The highest BCUT2D eigenvalue weighted by Gasteiger charge is 2.10.